The molecule has 0 unspecified atom stereocenters. The number of carbonyl (C=O) groups is 1. The molecule has 1 aromatic carbocycles. The zero-order chi connectivity index (χ0) is 14.2. The van der Waals surface area contributed by atoms with E-state index < -0.39 is 11.5 Å². The van der Waals surface area contributed by atoms with Crippen LogP contribution in [0, 0.1) is 0 Å². The van der Waals surface area contributed by atoms with E-state index in [0.29, 0.717) is 25.9 Å². The van der Waals surface area contributed by atoms with Crippen molar-refractivity contribution in [2.75, 3.05) is 18.0 Å². The van der Waals surface area contributed by atoms with Crippen molar-refractivity contribution >= 4 is 22.7 Å². The molecule has 1 aliphatic rings. The van der Waals surface area contributed by atoms with Gasteiger partial charge in [0.1, 0.15) is 11.4 Å². The average Bonchev–Trinajstić information content (AvgIpc) is 2.91. The SMILES string of the molecule is O=C(O)C1(NO)CCN(c2cc3ccccc3[nH]2)CC1. The monoisotopic (exact) mass is 275 g/mol. The predicted octanol–water partition coefficient (Wildman–Crippen LogP) is 1.57. The summed E-state index contributed by atoms with van der Waals surface area (Å²) in [5.41, 5.74) is 1.83. The Labute approximate surface area is 116 Å². The van der Waals surface area contributed by atoms with E-state index >= 15 is 0 Å². The molecular formula is C14H17N3O3. The molecule has 3 rings (SSSR count). The van der Waals surface area contributed by atoms with Gasteiger partial charge in [0.2, 0.25) is 0 Å². The third kappa shape index (κ3) is 2.03. The number of hydrogen-bond acceptors (Lipinski definition) is 4. The predicted molar refractivity (Wildman–Crippen MR) is 75.0 cm³/mol. The van der Waals surface area contributed by atoms with E-state index in [4.69, 9.17) is 5.21 Å². The number of aliphatic carboxylic acids is 1. The number of para-hydroxylation sites is 1. The van der Waals surface area contributed by atoms with Crippen LogP contribution in [0.4, 0.5) is 5.82 Å². The molecule has 0 saturated carbocycles. The summed E-state index contributed by atoms with van der Waals surface area (Å²) < 4.78 is 0. The molecule has 0 aliphatic carbocycles. The third-order valence-corrected chi connectivity index (χ3v) is 4.10. The first-order valence-corrected chi connectivity index (χ1v) is 6.62. The molecule has 4 N–H and O–H groups in total. The second-order valence-corrected chi connectivity index (χ2v) is 5.23. The van der Waals surface area contributed by atoms with Crippen LogP contribution in [0.25, 0.3) is 10.9 Å². The molecule has 6 heteroatoms. The molecule has 0 bridgehead atoms. The second kappa shape index (κ2) is 4.81. The highest BCUT2D eigenvalue weighted by Crippen LogP contribution is 2.28. The maximum Gasteiger partial charge on any atom is 0.326 e. The Hall–Kier alpha value is -2.05. The normalized spacial score (nSPS) is 18.4. The van der Waals surface area contributed by atoms with E-state index in [9.17, 15) is 9.90 Å². The van der Waals surface area contributed by atoms with Crippen molar-refractivity contribution in [2.45, 2.75) is 18.4 Å². The summed E-state index contributed by atoms with van der Waals surface area (Å²) >= 11 is 0. The third-order valence-electron chi connectivity index (χ3n) is 4.10. The van der Waals surface area contributed by atoms with Crippen LogP contribution in [0.15, 0.2) is 30.3 Å². The highest BCUT2D eigenvalue weighted by molar-refractivity contribution is 5.84. The van der Waals surface area contributed by atoms with Crippen molar-refractivity contribution in [1.82, 2.24) is 10.5 Å². The lowest BCUT2D eigenvalue weighted by molar-refractivity contribution is -0.151. The van der Waals surface area contributed by atoms with Gasteiger partial charge < -0.3 is 20.2 Å². The van der Waals surface area contributed by atoms with Gasteiger partial charge in [-0.25, -0.2) is 0 Å². The number of hydroxylamine groups is 1. The number of H-pyrrole nitrogens is 1. The second-order valence-electron chi connectivity index (χ2n) is 5.23. The minimum absolute atomic E-state index is 0.355. The molecule has 2 aromatic rings. The van der Waals surface area contributed by atoms with E-state index in [-0.39, 0.29) is 0 Å². The first-order chi connectivity index (χ1) is 9.64. The molecule has 0 radical (unpaired) electrons. The minimum atomic E-state index is -1.22. The number of aromatic amines is 1. The quantitative estimate of drug-likeness (QED) is 0.639. The fourth-order valence-electron chi connectivity index (χ4n) is 2.73. The number of hydrogen-bond donors (Lipinski definition) is 4. The van der Waals surface area contributed by atoms with Gasteiger partial charge in [-0.05, 0) is 25.0 Å². The van der Waals surface area contributed by atoms with Crippen LogP contribution in [0.1, 0.15) is 12.8 Å². The number of carboxylic acids is 1. The number of piperidine rings is 1. The van der Waals surface area contributed by atoms with Crippen LogP contribution in [-0.4, -0.2) is 39.9 Å². The van der Waals surface area contributed by atoms with Gasteiger partial charge in [0.05, 0.1) is 0 Å². The minimum Gasteiger partial charge on any atom is -0.480 e. The summed E-state index contributed by atoms with van der Waals surface area (Å²) in [5, 5.41) is 19.5. The number of anilines is 1. The van der Waals surface area contributed by atoms with Gasteiger partial charge in [-0.2, -0.15) is 5.48 Å². The number of aromatic nitrogens is 1. The molecule has 0 spiro atoms. The van der Waals surface area contributed by atoms with Gasteiger partial charge in [-0.3, -0.25) is 4.79 Å². The summed E-state index contributed by atoms with van der Waals surface area (Å²) in [6.07, 6.45) is 0.711. The maximum absolute atomic E-state index is 11.2. The van der Waals surface area contributed by atoms with Crippen LogP contribution in [0.5, 0.6) is 0 Å². The van der Waals surface area contributed by atoms with Gasteiger partial charge >= 0.3 is 5.97 Å². The highest BCUT2D eigenvalue weighted by Gasteiger charge is 2.41. The molecule has 1 aliphatic heterocycles. The van der Waals surface area contributed by atoms with Gasteiger partial charge in [-0.1, -0.05) is 18.2 Å². The molecular weight excluding hydrogens is 258 g/mol. The number of nitrogens with one attached hydrogen (secondary N) is 2. The Morgan fingerprint density at radius 2 is 2.00 bits per heavy atom. The summed E-state index contributed by atoms with van der Waals surface area (Å²) in [6, 6.07) is 10.1. The summed E-state index contributed by atoms with van der Waals surface area (Å²) in [4.78, 5) is 16.7. The number of fused-ring (bicyclic) bond motifs is 1. The molecule has 20 heavy (non-hydrogen) atoms. The lowest BCUT2D eigenvalue weighted by Gasteiger charge is -2.38. The van der Waals surface area contributed by atoms with Crippen molar-refractivity contribution < 1.29 is 15.1 Å². The molecule has 0 amide bonds. The fourth-order valence-corrected chi connectivity index (χ4v) is 2.73. The molecule has 1 fully saturated rings. The zero-order valence-electron chi connectivity index (χ0n) is 11.0. The Balaban J connectivity index is 1.79. The van der Waals surface area contributed by atoms with E-state index in [1.807, 2.05) is 29.7 Å². The number of carboxylic acid groups (broad SMARTS) is 1. The molecule has 1 aromatic heterocycles. The van der Waals surface area contributed by atoms with Gasteiger partial charge in [0, 0.05) is 24.0 Å². The topological polar surface area (TPSA) is 88.6 Å². The molecule has 2 heterocycles. The van der Waals surface area contributed by atoms with Crippen molar-refractivity contribution in [3.63, 3.8) is 0 Å². The Kier molecular flexibility index (Phi) is 3.11. The largest absolute Gasteiger partial charge is 0.480 e. The van der Waals surface area contributed by atoms with Crippen LogP contribution < -0.4 is 10.4 Å². The Morgan fingerprint density at radius 3 is 2.60 bits per heavy atom. The molecule has 0 atom stereocenters. The van der Waals surface area contributed by atoms with E-state index in [1.54, 1.807) is 0 Å². The van der Waals surface area contributed by atoms with Crippen molar-refractivity contribution in [2.24, 2.45) is 0 Å². The summed E-state index contributed by atoms with van der Waals surface area (Å²) in [5.74, 6) is -0.0144. The smallest absolute Gasteiger partial charge is 0.326 e. The van der Waals surface area contributed by atoms with E-state index in [0.717, 1.165) is 16.7 Å². The number of rotatable bonds is 3. The molecule has 106 valence electrons. The number of benzene rings is 1. The van der Waals surface area contributed by atoms with Crippen molar-refractivity contribution in [3.05, 3.63) is 30.3 Å². The van der Waals surface area contributed by atoms with Crippen LogP contribution in [0.3, 0.4) is 0 Å². The van der Waals surface area contributed by atoms with Crippen LogP contribution >= 0.6 is 0 Å². The van der Waals surface area contributed by atoms with E-state index in [1.165, 1.54) is 0 Å². The first kappa shape index (κ1) is 13.0. The standard InChI is InChI=1S/C14H17N3O3/c18-13(19)14(16-20)5-7-17(8-6-14)12-9-10-3-1-2-4-11(10)15-12/h1-4,9,15-16,20H,5-8H2,(H,18,19). The molecule has 6 nitrogen and oxygen atoms in total. The van der Waals surface area contributed by atoms with Gasteiger partial charge in [-0.15, -0.1) is 0 Å². The molecule has 1 saturated heterocycles. The van der Waals surface area contributed by atoms with Gasteiger partial charge in [0.25, 0.3) is 0 Å². The summed E-state index contributed by atoms with van der Waals surface area (Å²) in [6.45, 7) is 1.15. The van der Waals surface area contributed by atoms with Crippen molar-refractivity contribution in [1.29, 1.82) is 0 Å². The van der Waals surface area contributed by atoms with Crippen molar-refractivity contribution in [3.8, 4) is 0 Å². The summed E-state index contributed by atoms with van der Waals surface area (Å²) in [7, 11) is 0. The lowest BCUT2D eigenvalue weighted by Crippen LogP contribution is -2.57. The average molecular weight is 275 g/mol. The zero-order valence-corrected chi connectivity index (χ0v) is 11.0. The van der Waals surface area contributed by atoms with Crippen LogP contribution in [0.2, 0.25) is 0 Å². The highest BCUT2D eigenvalue weighted by atomic mass is 16.5. The number of nitrogens with zero attached hydrogens (tertiary/aromatic N) is 1. The Bertz CT molecular complexity index is 596. The maximum atomic E-state index is 11.2. The van der Waals surface area contributed by atoms with E-state index in [2.05, 4.69) is 16.0 Å². The van der Waals surface area contributed by atoms with Crippen LogP contribution in [-0.2, 0) is 4.79 Å². The Morgan fingerprint density at radius 1 is 1.30 bits per heavy atom. The first-order valence-electron chi connectivity index (χ1n) is 6.62. The fraction of sp³-hybridized carbons (Fsp3) is 0.357. The lowest BCUT2D eigenvalue weighted by atomic mass is 9.88. The van der Waals surface area contributed by atoms with Gasteiger partial charge in [0.15, 0.2) is 0 Å².